The van der Waals surface area contributed by atoms with Crippen LogP contribution in [0.1, 0.15) is 36.3 Å². The van der Waals surface area contributed by atoms with E-state index in [1.165, 1.54) is 11.3 Å². The molecule has 0 fully saturated rings. The summed E-state index contributed by atoms with van der Waals surface area (Å²) in [6.45, 7) is 3.94. The molecule has 0 aliphatic rings. The molecule has 0 atom stereocenters. The second-order valence-corrected chi connectivity index (χ2v) is 9.35. The SMILES string of the molecule is CC(C)(O)CCN=Cc1cc(NC(=O)c2csc(-c3ccccc3)n2)c(-c2ccoc2)cc1N. The van der Waals surface area contributed by atoms with E-state index < -0.39 is 5.60 Å². The van der Waals surface area contributed by atoms with Gasteiger partial charge >= 0.3 is 0 Å². The summed E-state index contributed by atoms with van der Waals surface area (Å²) in [7, 11) is 0. The topological polar surface area (TPSA) is 114 Å². The number of nitrogens with one attached hydrogen (secondary N) is 1. The van der Waals surface area contributed by atoms with Crippen molar-refractivity contribution in [2.75, 3.05) is 17.6 Å². The summed E-state index contributed by atoms with van der Waals surface area (Å²) in [5.74, 6) is -0.321. The number of nitrogens with two attached hydrogens (primary N) is 1. The van der Waals surface area contributed by atoms with Crippen LogP contribution in [0.4, 0.5) is 11.4 Å². The minimum absolute atomic E-state index is 0.321. The lowest BCUT2D eigenvalue weighted by Gasteiger charge is -2.15. The zero-order valence-corrected chi connectivity index (χ0v) is 19.8. The molecule has 2 aromatic carbocycles. The minimum atomic E-state index is -0.792. The Hall–Kier alpha value is -3.75. The molecular weight excluding hydrogens is 448 g/mol. The van der Waals surface area contributed by atoms with Crippen molar-refractivity contribution in [2.24, 2.45) is 4.99 Å². The van der Waals surface area contributed by atoms with Crippen LogP contribution in [0.15, 0.2) is 75.8 Å². The Morgan fingerprint density at radius 1 is 1.24 bits per heavy atom. The summed E-state index contributed by atoms with van der Waals surface area (Å²) < 4.78 is 5.23. The molecule has 0 bridgehead atoms. The number of aliphatic imine (C=N–C) groups is 1. The number of furan rings is 1. The molecule has 4 aromatic rings. The van der Waals surface area contributed by atoms with Crippen LogP contribution in [-0.2, 0) is 0 Å². The van der Waals surface area contributed by atoms with Crippen LogP contribution in [0.5, 0.6) is 0 Å². The molecule has 174 valence electrons. The third-order valence-corrected chi connectivity index (χ3v) is 6.04. The number of nitrogen functional groups attached to an aromatic ring is 1. The molecule has 0 spiro atoms. The van der Waals surface area contributed by atoms with Gasteiger partial charge in [0, 0.05) is 51.8 Å². The Morgan fingerprint density at radius 2 is 2.03 bits per heavy atom. The van der Waals surface area contributed by atoms with E-state index in [4.69, 9.17) is 10.2 Å². The number of amides is 1. The molecule has 4 N–H and O–H groups in total. The van der Waals surface area contributed by atoms with Gasteiger partial charge in [0.25, 0.3) is 5.91 Å². The fourth-order valence-corrected chi connectivity index (χ4v) is 4.09. The van der Waals surface area contributed by atoms with E-state index in [9.17, 15) is 9.90 Å². The maximum Gasteiger partial charge on any atom is 0.275 e. The summed E-state index contributed by atoms with van der Waals surface area (Å²) in [6.07, 6.45) is 5.34. The van der Waals surface area contributed by atoms with Gasteiger partial charge in [-0.05, 0) is 38.5 Å². The first-order valence-corrected chi connectivity index (χ1v) is 11.7. The smallest absolute Gasteiger partial charge is 0.275 e. The second kappa shape index (κ2) is 10.0. The van der Waals surface area contributed by atoms with Crippen molar-refractivity contribution in [3.63, 3.8) is 0 Å². The highest BCUT2D eigenvalue weighted by atomic mass is 32.1. The van der Waals surface area contributed by atoms with Gasteiger partial charge in [0.15, 0.2) is 0 Å². The first-order valence-electron chi connectivity index (χ1n) is 10.8. The Kier molecular flexibility index (Phi) is 6.90. The predicted octanol–water partition coefficient (Wildman–Crippen LogP) is 5.48. The molecular formula is C26H26N4O3S. The standard InChI is InChI=1S/C26H26N4O3S/c1-26(2,32)9-10-28-14-19-12-22(20(13-21(19)27)18-8-11-33-15-18)29-24(31)23-16-34-25(30-23)17-6-4-3-5-7-17/h3-8,11-16,32H,9-10,27H2,1-2H3,(H,29,31). The summed E-state index contributed by atoms with van der Waals surface area (Å²) in [4.78, 5) is 22.0. The van der Waals surface area contributed by atoms with Crippen LogP contribution in [0.3, 0.4) is 0 Å². The first-order chi connectivity index (χ1) is 16.3. The van der Waals surface area contributed by atoms with E-state index in [0.29, 0.717) is 35.6 Å². The number of nitrogens with zero attached hydrogens (tertiary/aromatic N) is 2. The number of aliphatic hydroxyl groups is 1. The van der Waals surface area contributed by atoms with Gasteiger partial charge in [0.2, 0.25) is 0 Å². The zero-order chi connectivity index (χ0) is 24.1. The van der Waals surface area contributed by atoms with Crippen molar-refractivity contribution < 1.29 is 14.3 Å². The summed E-state index contributed by atoms with van der Waals surface area (Å²) in [6, 6.07) is 15.1. The van der Waals surface area contributed by atoms with E-state index in [0.717, 1.165) is 21.7 Å². The number of carbonyl (C=O) groups excluding carboxylic acids is 1. The van der Waals surface area contributed by atoms with Crippen molar-refractivity contribution in [3.05, 3.63) is 77.7 Å². The Labute approximate surface area is 202 Å². The van der Waals surface area contributed by atoms with Crippen molar-refractivity contribution in [3.8, 4) is 21.7 Å². The predicted molar refractivity (Wildman–Crippen MR) is 137 cm³/mol. The highest BCUT2D eigenvalue weighted by molar-refractivity contribution is 7.13. The molecule has 8 heteroatoms. The lowest BCUT2D eigenvalue weighted by Crippen LogP contribution is -2.19. The molecule has 34 heavy (non-hydrogen) atoms. The maximum absolute atomic E-state index is 13.1. The van der Waals surface area contributed by atoms with Crippen molar-refractivity contribution >= 4 is 34.8 Å². The van der Waals surface area contributed by atoms with Crippen LogP contribution >= 0.6 is 11.3 Å². The minimum Gasteiger partial charge on any atom is -0.472 e. The average molecular weight is 475 g/mol. The highest BCUT2D eigenvalue weighted by Crippen LogP contribution is 2.33. The number of thiazole rings is 1. The lowest BCUT2D eigenvalue weighted by atomic mass is 10.0. The molecule has 0 aliphatic heterocycles. The molecule has 0 saturated heterocycles. The van der Waals surface area contributed by atoms with Gasteiger partial charge in [-0.15, -0.1) is 11.3 Å². The van der Waals surface area contributed by atoms with Crippen LogP contribution in [-0.4, -0.2) is 34.4 Å². The first kappa shape index (κ1) is 23.4. The molecule has 7 nitrogen and oxygen atoms in total. The van der Waals surface area contributed by atoms with Crippen LogP contribution in [0.2, 0.25) is 0 Å². The number of rotatable bonds is 8. The largest absolute Gasteiger partial charge is 0.472 e. The van der Waals surface area contributed by atoms with Gasteiger partial charge in [-0.1, -0.05) is 30.3 Å². The van der Waals surface area contributed by atoms with Crippen molar-refractivity contribution in [1.29, 1.82) is 0 Å². The maximum atomic E-state index is 13.1. The molecule has 2 heterocycles. The van der Waals surface area contributed by atoms with Crippen LogP contribution < -0.4 is 11.1 Å². The van der Waals surface area contributed by atoms with Crippen molar-refractivity contribution in [1.82, 2.24) is 4.98 Å². The van der Waals surface area contributed by atoms with E-state index in [1.807, 2.05) is 30.3 Å². The molecule has 4 rings (SSSR count). The number of benzene rings is 2. The summed E-state index contributed by atoms with van der Waals surface area (Å²) >= 11 is 1.42. The fourth-order valence-electron chi connectivity index (χ4n) is 3.28. The molecule has 1 amide bonds. The van der Waals surface area contributed by atoms with Crippen LogP contribution in [0, 0.1) is 0 Å². The molecule has 2 aromatic heterocycles. The molecule has 0 aliphatic carbocycles. The van der Waals surface area contributed by atoms with Gasteiger partial charge in [-0.25, -0.2) is 4.98 Å². The lowest BCUT2D eigenvalue weighted by molar-refractivity contribution is 0.0739. The van der Waals surface area contributed by atoms with E-state index in [-0.39, 0.29) is 5.91 Å². The Bertz CT molecular complexity index is 1290. The molecule has 0 radical (unpaired) electrons. The van der Waals surface area contributed by atoms with Gasteiger partial charge < -0.3 is 20.6 Å². The number of anilines is 2. The van der Waals surface area contributed by atoms with Gasteiger partial charge in [-0.3, -0.25) is 9.79 Å². The molecule has 0 saturated carbocycles. The van der Waals surface area contributed by atoms with Gasteiger partial charge in [0.1, 0.15) is 10.7 Å². The van der Waals surface area contributed by atoms with Gasteiger partial charge in [0.05, 0.1) is 18.1 Å². The Morgan fingerprint density at radius 3 is 2.74 bits per heavy atom. The highest BCUT2D eigenvalue weighted by Gasteiger charge is 2.17. The number of hydrogen-bond acceptors (Lipinski definition) is 7. The van der Waals surface area contributed by atoms with Crippen molar-refractivity contribution in [2.45, 2.75) is 25.9 Å². The summed E-state index contributed by atoms with van der Waals surface area (Å²) in [5, 5.41) is 15.4. The third-order valence-electron chi connectivity index (χ3n) is 5.14. The number of aromatic nitrogens is 1. The Balaban J connectivity index is 1.61. The number of carbonyl (C=O) groups is 1. The second-order valence-electron chi connectivity index (χ2n) is 8.49. The fraction of sp³-hybridized carbons (Fsp3) is 0.192. The van der Waals surface area contributed by atoms with Crippen LogP contribution in [0.25, 0.3) is 21.7 Å². The quantitative estimate of drug-likeness (QED) is 0.231. The average Bonchev–Trinajstić information content (AvgIpc) is 3.51. The third kappa shape index (κ3) is 5.78. The normalized spacial score (nSPS) is 11.7. The zero-order valence-electron chi connectivity index (χ0n) is 19.0. The van der Waals surface area contributed by atoms with E-state index >= 15 is 0 Å². The van der Waals surface area contributed by atoms with E-state index in [1.54, 1.807) is 56.2 Å². The van der Waals surface area contributed by atoms with E-state index in [2.05, 4.69) is 15.3 Å². The molecule has 0 unspecified atom stereocenters. The summed E-state index contributed by atoms with van der Waals surface area (Å²) in [5.41, 5.74) is 10.0. The monoisotopic (exact) mass is 474 g/mol. The van der Waals surface area contributed by atoms with Gasteiger partial charge in [-0.2, -0.15) is 0 Å². The number of hydrogen-bond donors (Lipinski definition) is 3.